The van der Waals surface area contributed by atoms with Crippen LogP contribution in [-0.2, 0) is 15.1 Å². The molecule has 5 nitrogen and oxygen atoms in total. The summed E-state index contributed by atoms with van der Waals surface area (Å²) in [6, 6.07) is 9.39. The van der Waals surface area contributed by atoms with Gasteiger partial charge in [0.15, 0.2) is 0 Å². The summed E-state index contributed by atoms with van der Waals surface area (Å²) in [7, 11) is 2.12. The number of aliphatic hydroxyl groups excluding tert-OH is 1. The summed E-state index contributed by atoms with van der Waals surface area (Å²) in [6.07, 6.45) is 3.70. The van der Waals surface area contributed by atoms with Crippen molar-refractivity contribution in [3.8, 4) is 0 Å². The van der Waals surface area contributed by atoms with Crippen molar-refractivity contribution < 1.29 is 19.7 Å². The molecule has 1 unspecified atom stereocenters. The van der Waals surface area contributed by atoms with Crippen LogP contribution < -0.4 is 0 Å². The zero-order chi connectivity index (χ0) is 15.7. The Morgan fingerprint density at radius 1 is 1.27 bits per heavy atom. The molecule has 0 radical (unpaired) electrons. The molecule has 0 spiro atoms. The Morgan fingerprint density at radius 2 is 1.86 bits per heavy atom. The molecule has 0 amide bonds. The van der Waals surface area contributed by atoms with Crippen molar-refractivity contribution in [3.05, 3.63) is 35.9 Å². The second-order valence-corrected chi connectivity index (χ2v) is 6.43. The highest BCUT2D eigenvalue weighted by molar-refractivity contribution is 5.81. The van der Waals surface area contributed by atoms with Crippen LogP contribution in [0.4, 0.5) is 0 Å². The van der Waals surface area contributed by atoms with Gasteiger partial charge in [-0.15, -0.1) is 0 Å². The predicted molar refractivity (Wildman–Crippen MR) is 81.1 cm³/mol. The van der Waals surface area contributed by atoms with Crippen molar-refractivity contribution >= 4 is 5.97 Å². The molecule has 0 saturated carbocycles. The molecule has 2 fully saturated rings. The second kappa shape index (κ2) is 5.99. The number of nitrogens with zero attached hydrogens (tertiary/aromatic N) is 1. The number of esters is 1. The largest absolute Gasteiger partial charge is 0.460 e. The summed E-state index contributed by atoms with van der Waals surface area (Å²) >= 11 is 0. The second-order valence-electron chi connectivity index (χ2n) is 6.43. The standard InChI is InChI=1S/C17H23NO4/c1-18-13-7-8-14(18)10-15(9-13)22-16(20)17(21,11-19)12-5-3-2-4-6-12/h2-6,13-15,19,21H,7-11H2,1H3/t13-,14+,15+,17?. The van der Waals surface area contributed by atoms with Gasteiger partial charge in [-0.25, -0.2) is 4.79 Å². The lowest BCUT2D eigenvalue weighted by Crippen LogP contribution is -2.47. The topological polar surface area (TPSA) is 70.0 Å². The van der Waals surface area contributed by atoms with E-state index in [0.717, 1.165) is 25.7 Å². The molecular weight excluding hydrogens is 282 g/mol. The van der Waals surface area contributed by atoms with E-state index < -0.39 is 18.2 Å². The number of piperidine rings is 1. The van der Waals surface area contributed by atoms with Crippen LogP contribution >= 0.6 is 0 Å². The van der Waals surface area contributed by atoms with Gasteiger partial charge in [0, 0.05) is 12.1 Å². The molecule has 2 N–H and O–H groups in total. The maximum atomic E-state index is 12.4. The molecule has 2 aliphatic heterocycles. The molecule has 0 aromatic heterocycles. The van der Waals surface area contributed by atoms with Gasteiger partial charge in [-0.2, -0.15) is 0 Å². The first-order valence-electron chi connectivity index (χ1n) is 7.86. The van der Waals surface area contributed by atoms with E-state index in [1.807, 2.05) is 0 Å². The number of benzene rings is 1. The van der Waals surface area contributed by atoms with Crippen LogP contribution in [0.5, 0.6) is 0 Å². The third kappa shape index (κ3) is 2.64. The van der Waals surface area contributed by atoms with Crippen LogP contribution in [-0.4, -0.2) is 52.9 Å². The zero-order valence-corrected chi connectivity index (χ0v) is 12.8. The summed E-state index contributed by atoms with van der Waals surface area (Å²) in [6.45, 7) is -0.685. The van der Waals surface area contributed by atoms with Crippen molar-refractivity contribution in [2.24, 2.45) is 0 Å². The Labute approximate surface area is 130 Å². The van der Waals surface area contributed by atoms with E-state index in [2.05, 4.69) is 11.9 Å². The number of ether oxygens (including phenoxy) is 1. The Hall–Kier alpha value is -1.43. The molecule has 120 valence electrons. The van der Waals surface area contributed by atoms with Crippen molar-refractivity contribution in [3.63, 3.8) is 0 Å². The Bertz CT molecular complexity index is 521. The minimum atomic E-state index is -1.98. The lowest BCUT2D eigenvalue weighted by molar-refractivity contribution is -0.180. The average Bonchev–Trinajstić information content (AvgIpc) is 2.76. The molecule has 2 bridgehead atoms. The predicted octanol–water partition coefficient (Wildman–Crippen LogP) is 1.03. The van der Waals surface area contributed by atoms with Crippen LogP contribution in [0, 0.1) is 0 Å². The molecule has 3 rings (SSSR count). The Kier molecular flexibility index (Phi) is 4.21. The smallest absolute Gasteiger partial charge is 0.345 e. The molecule has 22 heavy (non-hydrogen) atoms. The van der Waals surface area contributed by atoms with Crippen LogP contribution in [0.1, 0.15) is 31.2 Å². The van der Waals surface area contributed by atoms with Crippen molar-refractivity contribution in [2.45, 2.75) is 49.5 Å². The van der Waals surface area contributed by atoms with Crippen molar-refractivity contribution in [1.29, 1.82) is 0 Å². The van der Waals surface area contributed by atoms with Gasteiger partial charge in [0.05, 0.1) is 6.61 Å². The van der Waals surface area contributed by atoms with Gasteiger partial charge in [0.25, 0.3) is 0 Å². The Balaban J connectivity index is 1.71. The molecule has 4 atom stereocenters. The maximum absolute atomic E-state index is 12.4. The number of aliphatic hydroxyl groups is 2. The van der Waals surface area contributed by atoms with Crippen LogP contribution in [0.3, 0.4) is 0 Å². The van der Waals surface area contributed by atoms with Gasteiger partial charge in [0.2, 0.25) is 5.60 Å². The summed E-state index contributed by atoms with van der Waals surface area (Å²) < 4.78 is 5.56. The summed E-state index contributed by atoms with van der Waals surface area (Å²) in [4.78, 5) is 14.8. The SMILES string of the molecule is CN1[C@@H]2CC[C@H]1C[C@@H](OC(=O)C(O)(CO)c1ccccc1)C2. The molecule has 5 heteroatoms. The molecular formula is C17H23NO4. The van der Waals surface area contributed by atoms with Gasteiger partial charge in [-0.3, -0.25) is 0 Å². The number of fused-ring (bicyclic) bond motifs is 2. The molecule has 1 aromatic rings. The lowest BCUT2D eigenvalue weighted by atomic mass is 9.94. The first-order valence-corrected chi connectivity index (χ1v) is 7.86. The first kappa shape index (κ1) is 15.5. The van der Waals surface area contributed by atoms with E-state index in [1.54, 1.807) is 30.3 Å². The fourth-order valence-electron chi connectivity index (χ4n) is 3.69. The fraction of sp³-hybridized carbons (Fsp3) is 0.588. The molecule has 2 heterocycles. The highest BCUT2D eigenvalue weighted by Gasteiger charge is 2.44. The van der Waals surface area contributed by atoms with Gasteiger partial charge < -0.3 is 19.8 Å². The minimum Gasteiger partial charge on any atom is -0.460 e. The molecule has 2 aliphatic rings. The third-order valence-corrected chi connectivity index (χ3v) is 5.15. The van der Waals surface area contributed by atoms with Crippen LogP contribution in [0.25, 0.3) is 0 Å². The van der Waals surface area contributed by atoms with Gasteiger partial charge >= 0.3 is 5.97 Å². The van der Waals surface area contributed by atoms with E-state index in [0.29, 0.717) is 17.6 Å². The van der Waals surface area contributed by atoms with E-state index in [9.17, 15) is 15.0 Å². The molecule has 2 saturated heterocycles. The number of rotatable bonds is 4. The van der Waals surface area contributed by atoms with Gasteiger partial charge in [-0.1, -0.05) is 30.3 Å². The van der Waals surface area contributed by atoms with Crippen molar-refractivity contribution in [2.75, 3.05) is 13.7 Å². The van der Waals surface area contributed by atoms with Gasteiger partial charge in [0.1, 0.15) is 6.10 Å². The van der Waals surface area contributed by atoms with E-state index >= 15 is 0 Å². The monoisotopic (exact) mass is 305 g/mol. The number of hydrogen-bond acceptors (Lipinski definition) is 5. The van der Waals surface area contributed by atoms with E-state index in [-0.39, 0.29) is 6.10 Å². The maximum Gasteiger partial charge on any atom is 0.345 e. The lowest BCUT2D eigenvalue weighted by Gasteiger charge is -2.37. The Morgan fingerprint density at radius 3 is 2.41 bits per heavy atom. The van der Waals surface area contributed by atoms with Crippen LogP contribution in [0.2, 0.25) is 0 Å². The number of carbonyl (C=O) groups is 1. The zero-order valence-electron chi connectivity index (χ0n) is 12.8. The highest BCUT2D eigenvalue weighted by atomic mass is 16.6. The average molecular weight is 305 g/mol. The summed E-state index contributed by atoms with van der Waals surface area (Å²) in [5.41, 5.74) is -1.62. The molecule has 1 aromatic carbocycles. The summed E-state index contributed by atoms with van der Waals surface area (Å²) in [5, 5.41) is 20.1. The van der Waals surface area contributed by atoms with E-state index in [4.69, 9.17) is 4.74 Å². The number of carbonyl (C=O) groups excluding carboxylic acids is 1. The van der Waals surface area contributed by atoms with E-state index in [1.165, 1.54) is 0 Å². The summed E-state index contributed by atoms with van der Waals surface area (Å²) in [5.74, 6) is -0.754. The fourth-order valence-corrected chi connectivity index (χ4v) is 3.69. The molecule has 0 aliphatic carbocycles. The quantitative estimate of drug-likeness (QED) is 0.813. The number of hydrogen-bond donors (Lipinski definition) is 2. The highest BCUT2D eigenvalue weighted by Crippen LogP contribution is 2.36. The van der Waals surface area contributed by atoms with Crippen molar-refractivity contribution in [1.82, 2.24) is 4.90 Å². The van der Waals surface area contributed by atoms with Gasteiger partial charge in [-0.05, 0) is 38.3 Å². The minimum absolute atomic E-state index is 0.178. The van der Waals surface area contributed by atoms with Crippen LogP contribution in [0.15, 0.2) is 30.3 Å². The normalized spacial score (nSPS) is 30.8. The third-order valence-electron chi connectivity index (χ3n) is 5.15. The first-order chi connectivity index (χ1) is 10.5.